The van der Waals surface area contributed by atoms with Gasteiger partial charge in [0.2, 0.25) is 0 Å². The molecule has 3 nitrogen and oxygen atoms in total. The zero-order chi connectivity index (χ0) is 18.2. The Morgan fingerprint density at radius 1 is 0.962 bits per heavy atom. The molecule has 1 aromatic heterocycles. The van der Waals surface area contributed by atoms with Gasteiger partial charge in [-0.25, -0.2) is 4.98 Å². The van der Waals surface area contributed by atoms with Crippen LogP contribution in [0.25, 0.3) is 10.9 Å². The number of nitrogens with zero attached hydrogens (tertiary/aromatic N) is 1. The summed E-state index contributed by atoms with van der Waals surface area (Å²) in [6, 6.07) is 20.5. The minimum absolute atomic E-state index is 0.280. The normalized spacial score (nSPS) is 10.8. The van der Waals surface area contributed by atoms with Crippen molar-refractivity contribution in [1.29, 1.82) is 0 Å². The summed E-state index contributed by atoms with van der Waals surface area (Å²) in [5, 5.41) is 1.14. The van der Waals surface area contributed by atoms with E-state index in [0.717, 1.165) is 48.0 Å². The number of hydrogen-bond acceptors (Lipinski definition) is 3. The van der Waals surface area contributed by atoms with E-state index in [1.165, 1.54) is 5.56 Å². The third-order valence-corrected chi connectivity index (χ3v) is 4.44. The molecule has 2 aromatic carbocycles. The average molecular weight is 347 g/mol. The number of rotatable bonds is 9. The molecule has 3 aromatic rings. The van der Waals surface area contributed by atoms with E-state index >= 15 is 0 Å². The van der Waals surface area contributed by atoms with Gasteiger partial charge in [-0.1, -0.05) is 42.8 Å². The van der Waals surface area contributed by atoms with Gasteiger partial charge in [0.1, 0.15) is 18.1 Å². The first-order chi connectivity index (χ1) is 12.7. The standard InChI is InChI=1S/C23H25NO2/c1-18(25)8-3-2-4-9-19-10-7-12-22(16-19)26-17-21-15-14-20-11-5-6-13-23(20)24-21/h5-7,10-16H,2-4,8-9,17H2,1H3. The summed E-state index contributed by atoms with van der Waals surface area (Å²) in [4.78, 5) is 15.6. The van der Waals surface area contributed by atoms with Crippen molar-refractivity contribution in [2.24, 2.45) is 0 Å². The van der Waals surface area contributed by atoms with E-state index in [2.05, 4.69) is 29.2 Å². The van der Waals surface area contributed by atoms with Gasteiger partial charge >= 0.3 is 0 Å². The zero-order valence-corrected chi connectivity index (χ0v) is 15.3. The molecule has 0 saturated heterocycles. The number of aryl methyl sites for hydroxylation is 1. The summed E-state index contributed by atoms with van der Waals surface area (Å²) < 4.78 is 5.93. The number of para-hydroxylation sites is 1. The fraction of sp³-hybridized carbons (Fsp3) is 0.304. The maximum atomic E-state index is 11.0. The Labute approximate surface area is 155 Å². The third-order valence-electron chi connectivity index (χ3n) is 4.44. The smallest absolute Gasteiger partial charge is 0.130 e. The lowest BCUT2D eigenvalue weighted by Gasteiger charge is -2.08. The number of carbonyl (C=O) groups excluding carboxylic acids is 1. The van der Waals surface area contributed by atoms with Crippen LogP contribution in [0.1, 0.15) is 43.9 Å². The average Bonchev–Trinajstić information content (AvgIpc) is 2.66. The van der Waals surface area contributed by atoms with E-state index in [4.69, 9.17) is 4.74 Å². The van der Waals surface area contributed by atoms with Crippen molar-refractivity contribution >= 4 is 16.7 Å². The fourth-order valence-corrected chi connectivity index (χ4v) is 3.02. The van der Waals surface area contributed by atoms with Gasteiger partial charge in [-0.2, -0.15) is 0 Å². The number of unbranched alkanes of at least 4 members (excludes halogenated alkanes) is 2. The van der Waals surface area contributed by atoms with E-state index in [0.29, 0.717) is 13.0 Å². The largest absolute Gasteiger partial charge is 0.487 e. The molecule has 1 heterocycles. The topological polar surface area (TPSA) is 39.2 Å². The first kappa shape index (κ1) is 18.1. The lowest BCUT2D eigenvalue weighted by molar-refractivity contribution is -0.117. The van der Waals surface area contributed by atoms with Gasteiger partial charge in [-0.05, 0) is 56.0 Å². The molecule has 0 aliphatic rings. The van der Waals surface area contributed by atoms with Crippen LogP contribution in [0.2, 0.25) is 0 Å². The Hall–Kier alpha value is -2.68. The Kier molecular flexibility index (Phi) is 6.37. The molecule has 0 aliphatic heterocycles. The van der Waals surface area contributed by atoms with Gasteiger partial charge in [0, 0.05) is 11.8 Å². The second-order valence-corrected chi connectivity index (χ2v) is 6.69. The lowest BCUT2D eigenvalue weighted by atomic mass is 10.1. The van der Waals surface area contributed by atoms with Gasteiger partial charge in [0.15, 0.2) is 0 Å². The van der Waals surface area contributed by atoms with Crippen LogP contribution < -0.4 is 4.74 Å². The van der Waals surface area contributed by atoms with E-state index in [1.54, 1.807) is 6.92 Å². The van der Waals surface area contributed by atoms with Crippen molar-refractivity contribution in [2.75, 3.05) is 0 Å². The van der Waals surface area contributed by atoms with E-state index in [-0.39, 0.29) is 5.78 Å². The first-order valence-electron chi connectivity index (χ1n) is 9.26. The number of ether oxygens (including phenoxy) is 1. The van der Waals surface area contributed by atoms with Crippen molar-refractivity contribution in [3.05, 3.63) is 71.9 Å². The van der Waals surface area contributed by atoms with Crippen LogP contribution in [0.4, 0.5) is 0 Å². The number of carbonyl (C=O) groups is 1. The minimum atomic E-state index is 0.280. The molecule has 0 radical (unpaired) electrons. The molecule has 0 saturated carbocycles. The maximum absolute atomic E-state index is 11.0. The number of hydrogen-bond donors (Lipinski definition) is 0. The molecule has 3 heteroatoms. The summed E-state index contributed by atoms with van der Waals surface area (Å²) in [5.41, 5.74) is 3.20. The molecule has 0 amide bonds. The highest BCUT2D eigenvalue weighted by Crippen LogP contribution is 2.18. The molecule has 26 heavy (non-hydrogen) atoms. The van der Waals surface area contributed by atoms with E-state index in [1.807, 2.05) is 36.4 Å². The fourth-order valence-electron chi connectivity index (χ4n) is 3.02. The molecule has 0 spiro atoms. The van der Waals surface area contributed by atoms with Crippen molar-refractivity contribution in [3.8, 4) is 5.75 Å². The molecule has 0 unspecified atom stereocenters. The highest BCUT2D eigenvalue weighted by molar-refractivity contribution is 5.78. The third kappa shape index (κ3) is 5.41. The van der Waals surface area contributed by atoms with Gasteiger partial charge in [-0.15, -0.1) is 0 Å². The quantitative estimate of drug-likeness (QED) is 0.479. The van der Waals surface area contributed by atoms with Gasteiger partial charge in [0.05, 0.1) is 11.2 Å². The maximum Gasteiger partial charge on any atom is 0.130 e. The first-order valence-corrected chi connectivity index (χ1v) is 9.26. The van der Waals surface area contributed by atoms with Crippen LogP contribution in [0.5, 0.6) is 5.75 Å². The Bertz CT molecular complexity index is 873. The van der Waals surface area contributed by atoms with Crippen LogP contribution in [0.3, 0.4) is 0 Å². The van der Waals surface area contributed by atoms with Crippen LogP contribution in [-0.2, 0) is 17.8 Å². The van der Waals surface area contributed by atoms with Crippen LogP contribution in [-0.4, -0.2) is 10.8 Å². The molecule has 3 rings (SSSR count). The zero-order valence-electron chi connectivity index (χ0n) is 15.3. The van der Waals surface area contributed by atoms with Crippen molar-refractivity contribution in [1.82, 2.24) is 4.98 Å². The predicted molar refractivity (Wildman–Crippen MR) is 105 cm³/mol. The van der Waals surface area contributed by atoms with Crippen molar-refractivity contribution < 1.29 is 9.53 Å². The monoisotopic (exact) mass is 347 g/mol. The summed E-state index contributed by atoms with van der Waals surface area (Å²) in [5.74, 6) is 1.16. The summed E-state index contributed by atoms with van der Waals surface area (Å²) in [7, 11) is 0. The molecule has 0 atom stereocenters. The Morgan fingerprint density at radius 2 is 1.85 bits per heavy atom. The summed E-state index contributed by atoms with van der Waals surface area (Å²) in [6.45, 7) is 2.12. The molecule has 0 aliphatic carbocycles. The summed E-state index contributed by atoms with van der Waals surface area (Å²) in [6.07, 6.45) is 4.89. The highest BCUT2D eigenvalue weighted by atomic mass is 16.5. The molecular weight excluding hydrogens is 322 g/mol. The number of aromatic nitrogens is 1. The number of fused-ring (bicyclic) bond motifs is 1. The lowest BCUT2D eigenvalue weighted by Crippen LogP contribution is -1.99. The predicted octanol–water partition coefficient (Wildman–Crippen LogP) is 5.51. The van der Waals surface area contributed by atoms with Gasteiger partial charge in [0.25, 0.3) is 0 Å². The number of pyridine rings is 1. The Balaban J connectivity index is 1.52. The van der Waals surface area contributed by atoms with Crippen molar-refractivity contribution in [3.63, 3.8) is 0 Å². The second kappa shape index (κ2) is 9.14. The van der Waals surface area contributed by atoms with E-state index in [9.17, 15) is 4.79 Å². The molecule has 0 bridgehead atoms. The number of ketones is 1. The number of Topliss-reactive ketones (excluding diaryl/α,β-unsaturated/α-hetero) is 1. The SMILES string of the molecule is CC(=O)CCCCCc1cccc(OCc2ccc3ccccc3n2)c1. The minimum Gasteiger partial charge on any atom is -0.487 e. The van der Waals surface area contributed by atoms with Gasteiger partial charge in [-0.3, -0.25) is 0 Å². The Morgan fingerprint density at radius 3 is 2.73 bits per heavy atom. The highest BCUT2D eigenvalue weighted by Gasteiger charge is 2.02. The van der Waals surface area contributed by atoms with Crippen molar-refractivity contribution in [2.45, 2.75) is 45.6 Å². The summed E-state index contributed by atoms with van der Waals surface area (Å²) >= 11 is 0. The molecule has 0 N–H and O–H groups in total. The molecular formula is C23H25NO2. The molecule has 0 fully saturated rings. The van der Waals surface area contributed by atoms with Crippen LogP contribution >= 0.6 is 0 Å². The number of benzene rings is 2. The van der Waals surface area contributed by atoms with Crippen LogP contribution in [0.15, 0.2) is 60.7 Å². The van der Waals surface area contributed by atoms with Gasteiger partial charge < -0.3 is 9.53 Å². The molecule has 134 valence electrons. The van der Waals surface area contributed by atoms with Crippen LogP contribution in [0, 0.1) is 0 Å². The van der Waals surface area contributed by atoms with E-state index < -0.39 is 0 Å². The second-order valence-electron chi connectivity index (χ2n) is 6.69.